The summed E-state index contributed by atoms with van der Waals surface area (Å²) in [5.74, 6) is 0.956. The number of nitrogens with zero attached hydrogens (tertiary/aromatic N) is 1. The zero-order chi connectivity index (χ0) is 13.8. The summed E-state index contributed by atoms with van der Waals surface area (Å²) >= 11 is 0. The Hall–Kier alpha value is -1.80. The summed E-state index contributed by atoms with van der Waals surface area (Å²) < 4.78 is 5.80. The van der Waals surface area contributed by atoms with Crippen LogP contribution in [-0.2, 0) is 13.0 Å². The second-order valence-corrected chi connectivity index (χ2v) is 5.45. The predicted octanol–water partition coefficient (Wildman–Crippen LogP) is 3.51. The lowest BCUT2D eigenvalue weighted by Gasteiger charge is -2.34. The second-order valence-electron chi connectivity index (χ2n) is 5.45. The van der Waals surface area contributed by atoms with Gasteiger partial charge in [0.25, 0.3) is 0 Å². The Labute approximate surface area is 121 Å². The molecule has 0 N–H and O–H groups in total. The predicted molar refractivity (Wildman–Crippen MR) is 82.0 cm³/mol. The van der Waals surface area contributed by atoms with Gasteiger partial charge in [-0.15, -0.1) is 0 Å². The molecule has 1 atom stereocenters. The Morgan fingerprint density at radius 2 is 1.70 bits per heavy atom. The summed E-state index contributed by atoms with van der Waals surface area (Å²) in [6.07, 6.45) is 1.14. The van der Waals surface area contributed by atoms with Crippen molar-refractivity contribution < 1.29 is 4.74 Å². The van der Waals surface area contributed by atoms with Gasteiger partial charge in [-0.3, -0.25) is 4.90 Å². The van der Waals surface area contributed by atoms with Gasteiger partial charge in [0.1, 0.15) is 12.4 Å². The average Bonchev–Trinajstić information content (AvgIpc) is 2.49. The SMILES string of the molecule is CC1Cc2ccccc2CN1CCOc1ccccc1. The van der Waals surface area contributed by atoms with Crippen molar-refractivity contribution in [3.63, 3.8) is 0 Å². The minimum atomic E-state index is 0.587. The van der Waals surface area contributed by atoms with E-state index in [9.17, 15) is 0 Å². The van der Waals surface area contributed by atoms with E-state index in [1.807, 2.05) is 30.3 Å². The highest BCUT2D eigenvalue weighted by molar-refractivity contribution is 5.30. The third-order valence-electron chi connectivity index (χ3n) is 4.02. The molecule has 0 radical (unpaired) electrons. The summed E-state index contributed by atoms with van der Waals surface area (Å²) in [6, 6.07) is 19.4. The fourth-order valence-electron chi connectivity index (χ4n) is 2.83. The third-order valence-corrected chi connectivity index (χ3v) is 4.02. The van der Waals surface area contributed by atoms with Gasteiger partial charge in [0, 0.05) is 19.1 Å². The van der Waals surface area contributed by atoms with Crippen LogP contribution in [-0.4, -0.2) is 24.1 Å². The first kappa shape index (κ1) is 13.2. The Balaban J connectivity index is 1.56. The van der Waals surface area contributed by atoms with Crippen molar-refractivity contribution in [1.82, 2.24) is 4.90 Å². The lowest BCUT2D eigenvalue weighted by atomic mass is 9.95. The highest BCUT2D eigenvalue weighted by Crippen LogP contribution is 2.22. The molecule has 1 heterocycles. The van der Waals surface area contributed by atoms with Crippen molar-refractivity contribution in [2.75, 3.05) is 13.2 Å². The average molecular weight is 267 g/mol. The topological polar surface area (TPSA) is 12.5 Å². The maximum absolute atomic E-state index is 5.80. The van der Waals surface area contributed by atoms with E-state index in [2.05, 4.69) is 36.1 Å². The summed E-state index contributed by atoms with van der Waals surface area (Å²) in [7, 11) is 0. The van der Waals surface area contributed by atoms with Gasteiger partial charge in [-0.25, -0.2) is 0 Å². The Morgan fingerprint density at radius 3 is 2.50 bits per heavy atom. The highest BCUT2D eigenvalue weighted by Gasteiger charge is 2.21. The Morgan fingerprint density at radius 1 is 1.00 bits per heavy atom. The summed E-state index contributed by atoms with van der Waals surface area (Å²) in [4.78, 5) is 2.51. The van der Waals surface area contributed by atoms with Crippen LogP contribution in [0.25, 0.3) is 0 Å². The smallest absolute Gasteiger partial charge is 0.119 e. The lowest BCUT2D eigenvalue weighted by molar-refractivity contribution is 0.149. The molecule has 2 aromatic rings. The minimum absolute atomic E-state index is 0.587. The molecule has 2 heteroatoms. The zero-order valence-corrected chi connectivity index (χ0v) is 12.0. The van der Waals surface area contributed by atoms with Gasteiger partial charge in [-0.2, -0.15) is 0 Å². The van der Waals surface area contributed by atoms with E-state index in [0.29, 0.717) is 6.04 Å². The van der Waals surface area contributed by atoms with E-state index in [4.69, 9.17) is 4.74 Å². The molecule has 104 valence electrons. The van der Waals surface area contributed by atoms with E-state index in [-0.39, 0.29) is 0 Å². The molecule has 0 fully saturated rings. The highest BCUT2D eigenvalue weighted by atomic mass is 16.5. The molecule has 2 nitrogen and oxygen atoms in total. The zero-order valence-electron chi connectivity index (χ0n) is 12.0. The van der Waals surface area contributed by atoms with Gasteiger partial charge in [0.05, 0.1) is 0 Å². The minimum Gasteiger partial charge on any atom is -0.492 e. The van der Waals surface area contributed by atoms with Crippen LogP contribution in [0.1, 0.15) is 18.1 Å². The first-order chi connectivity index (χ1) is 9.83. The first-order valence-electron chi connectivity index (χ1n) is 7.31. The number of hydrogen-bond donors (Lipinski definition) is 0. The number of hydrogen-bond acceptors (Lipinski definition) is 2. The second kappa shape index (κ2) is 6.10. The van der Waals surface area contributed by atoms with Gasteiger partial charge >= 0.3 is 0 Å². The summed E-state index contributed by atoms with van der Waals surface area (Å²) in [5, 5.41) is 0. The van der Waals surface area contributed by atoms with Crippen LogP contribution in [0.15, 0.2) is 54.6 Å². The van der Waals surface area contributed by atoms with Gasteiger partial charge in [0.15, 0.2) is 0 Å². The number of para-hydroxylation sites is 1. The van der Waals surface area contributed by atoms with Gasteiger partial charge in [-0.1, -0.05) is 42.5 Å². The van der Waals surface area contributed by atoms with Gasteiger partial charge in [0.2, 0.25) is 0 Å². The number of fused-ring (bicyclic) bond motifs is 1. The molecule has 0 aromatic heterocycles. The molecular formula is C18H21NO. The first-order valence-corrected chi connectivity index (χ1v) is 7.31. The van der Waals surface area contributed by atoms with Crippen LogP contribution in [0.2, 0.25) is 0 Å². The lowest BCUT2D eigenvalue weighted by Crippen LogP contribution is -2.40. The normalized spacial score (nSPS) is 18.6. The van der Waals surface area contributed by atoms with Crippen LogP contribution < -0.4 is 4.74 Å². The maximum Gasteiger partial charge on any atom is 0.119 e. The van der Waals surface area contributed by atoms with Crippen LogP contribution in [0.3, 0.4) is 0 Å². The van der Waals surface area contributed by atoms with E-state index in [0.717, 1.165) is 31.9 Å². The molecule has 3 rings (SSSR count). The van der Waals surface area contributed by atoms with Crippen molar-refractivity contribution >= 4 is 0 Å². The van der Waals surface area contributed by atoms with E-state index >= 15 is 0 Å². The summed E-state index contributed by atoms with van der Waals surface area (Å²) in [5.41, 5.74) is 2.96. The Bertz CT molecular complexity index is 552. The quantitative estimate of drug-likeness (QED) is 0.840. The molecule has 0 amide bonds. The van der Waals surface area contributed by atoms with E-state index in [1.54, 1.807) is 0 Å². The molecule has 0 saturated heterocycles. The number of ether oxygens (including phenoxy) is 1. The maximum atomic E-state index is 5.80. The molecule has 0 saturated carbocycles. The van der Waals surface area contributed by atoms with Crippen molar-refractivity contribution in [1.29, 1.82) is 0 Å². The van der Waals surface area contributed by atoms with Crippen molar-refractivity contribution in [3.05, 3.63) is 65.7 Å². The van der Waals surface area contributed by atoms with Crippen molar-refractivity contribution in [2.45, 2.75) is 25.9 Å². The fraction of sp³-hybridized carbons (Fsp3) is 0.333. The van der Waals surface area contributed by atoms with Crippen molar-refractivity contribution in [3.8, 4) is 5.75 Å². The van der Waals surface area contributed by atoms with Crippen LogP contribution in [0.4, 0.5) is 0 Å². The van der Waals surface area contributed by atoms with E-state index < -0.39 is 0 Å². The molecule has 20 heavy (non-hydrogen) atoms. The number of benzene rings is 2. The molecule has 2 aromatic carbocycles. The summed E-state index contributed by atoms with van der Waals surface area (Å²) in [6.45, 7) is 5.06. The van der Waals surface area contributed by atoms with Gasteiger partial charge in [-0.05, 0) is 36.6 Å². The van der Waals surface area contributed by atoms with Crippen LogP contribution in [0, 0.1) is 0 Å². The molecule has 0 aliphatic carbocycles. The Kier molecular flexibility index (Phi) is 4.03. The molecule has 0 bridgehead atoms. The fourth-order valence-corrected chi connectivity index (χ4v) is 2.83. The molecule has 1 aliphatic heterocycles. The molecule has 0 spiro atoms. The standard InChI is InChI=1S/C18H21NO/c1-15-13-16-7-5-6-8-17(16)14-19(15)11-12-20-18-9-3-2-4-10-18/h2-10,15H,11-14H2,1H3. The van der Waals surface area contributed by atoms with Crippen LogP contribution >= 0.6 is 0 Å². The monoisotopic (exact) mass is 267 g/mol. The number of rotatable bonds is 4. The molecule has 1 aliphatic rings. The van der Waals surface area contributed by atoms with Crippen molar-refractivity contribution in [2.24, 2.45) is 0 Å². The largest absolute Gasteiger partial charge is 0.492 e. The van der Waals surface area contributed by atoms with E-state index in [1.165, 1.54) is 11.1 Å². The molecule has 1 unspecified atom stereocenters. The van der Waals surface area contributed by atoms with Crippen LogP contribution in [0.5, 0.6) is 5.75 Å². The third kappa shape index (κ3) is 3.02. The molecular weight excluding hydrogens is 246 g/mol. The van der Waals surface area contributed by atoms with Gasteiger partial charge < -0.3 is 4.74 Å².